The fourth-order valence-electron chi connectivity index (χ4n) is 4.69. The number of hydrogen-bond acceptors (Lipinski definition) is 7. The van der Waals surface area contributed by atoms with E-state index in [1.807, 2.05) is 25.1 Å². The second-order valence-corrected chi connectivity index (χ2v) is 8.30. The number of nitrogens with zero attached hydrogens (tertiary/aromatic N) is 1. The molecule has 0 radical (unpaired) electrons. The van der Waals surface area contributed by atoms with Crippen LogP contribution in [0, 0.1) is 6.92 Å². The topological polar surface area (TPSA) is 70.4 Å². The molecule has 2 aliphatic rings. The molecule has 0 bridgehead atoms. The zero-order valence-corrected chi connectivity index (χ0v) is 18.6. The van der Waals surface area contributed by atoms with E-state index in [1.165, 1.54) is 0 Å². The molecule has 1 fully saturated rings. The summed E-state index contributed by atoms with van der Waals surface area (Å²) in [5.74, 6) is 1.94. The highest BCUT2D eigenvalue weighted by Crippen LogP contribution is 2.37. The van der Waals surface area contributed by atoms with Gasteiger partial charge in [0.1, 0.15) is 18.1 Å². The van der Waals surface area contributed by atoms with Crippen LogP contribution in [0.25, 0.3) is 22.1 Å². The minimum absolute atomic E-state index is 0.237. The smallest absolute Gasteiger partial charge is 0.344 e. The second-order valence-electron chi connectivity index (χ2n) is 8.30. The highest BCUT2D eigenvalue weighted by Gasteiger charge is 2.27. The van der Waals surface area contributed by atoms with Crippen molar-refractivity contribution < 1.29 is 23.4 Å². The number of rotatable bonds is 5. The summed E-state index contributed by atoms with van der Waals surface area (Å²) >= 11 is 0. The Morgan fingerprint density at radius 3 is 2.72 bits per heavy atom. The first-order chi connectivity index (χ1) is 15.6. The number of methoxy groups -OCH3 is 2. The minimum atomic E-state index is -0.383. The van der Waals surface area contributed by atoms with Gasteiger partial charge in [0.05, 0.1) is 31.5 Å². The van der Waals surface area contributed by atoms with E-state index in [-0.39, 0.29) is 11.7 Å². The highest BCUT2D eigenvalue weighted by molar-refractivity contribution is 5.90. The first-order valence-corrected chi connectivity index (χ1v) is 10.9. The maximum atomic E-state index is 13.1. The summed E-state index contributed by atoms with van der Waals surface area (Å²) < 4.78 is 28.4. The molecule has 0 N–H and O–H groups in total. The molecule has 5 rings (SSSR count). The summed E-state index contributed by atoms with van der Waals surface area (Å²) in [6.07, 6.45) is 2.41. The quantitative estimate of drug-likeness (QED) is 0.556. The first kappa shape index (κ1) is 20.8. The molecule has 0 saturated carbocycles. The lowest BCUT2D eigenvalue weighted by Crippen LogP contribution is -2.37. The van der Waals surface area contributed by atoms with Crippen LogP contribution in [0.3, 0.4) is 0 Å². The van der Waals surface area contributed by atoms with Gasteiger partial charge in [0.25, 0.3) is 0 Å². The normalized spacial score (nSPS) is 18.4. The predicted octanol–water partition coefficient (Wildman–Crippen LogP) is 4.12. The summed E-state index contributed by atoms with van der Waals surface area (Å²) in [6, 6.07) is 9.37. The third-order valence-corrected chi connectivity index (χ3v) is 6.34. The molecular weight excluding hydrogens is 410 g/mol. The Labute approximate surface area is 186 Å². The first-order valence-electron chi connectivity index (χ1n) is 10.9. The van der Waals surface area contributed by atoms with Crippen LogP contribution in [0.4, 0.5) is 0 Å². The van der Waals surface area contributed by atoms with Crippen LogP contribution in [-0.2, 0) is 11.3 Å². The van der Waals surface area contributed by atoms with Gasteiger partial charge in [-0.3, -0.25) is 4.90 Å². The van der Waals surface area contributed by atoms with Crippen molar-refractivity contribution in [1.82, 2.24) is 4.90 Å². The Morgan fingerprint density at radius 2 is 1.97 bits per heavy atom. The van der Waals surface area contributed by atoms with Crippen LogP contribution in [0.2, 0.25) is 0 Å². The van der Waals surface area contributed by atoms with Crippen molar-refractivity contribution in [3.05, 3.63) is 51.9 Å². The Hall–Kier alpha value is -3.03. The van der Waals surface area contributed by atoms with Crippen molar-refractivity contribution in [2.45, 2.75) is 32.4 Å². The van der Waals surface area contributed by atoms with Gasteiger partial charge in [0.15, 0.2) is 11.5 Å². The van der Waals surface area contributed by atoms with Crippen LogP contribution in [0.1, 0.15) is 24.0 Å². The molecule has 1 aromatic heterocycles. The second kappa shape index (κ2) is 8.48. The molecule has 7 nitrogen and oxygen atoms in total. The van der Waals surface area contributed by atoms with Gasteiger partial charge in [-0.25, -0.2) is 4.79 Å². The maximum absolute atomic E-state index is 13.1. The lowest BCUT2D eigenvalue weighted by atomic mass is 9.97. The Bertz CT molecular complexity index is 1210. The van der Waals surface area contributed by atoms with Crippen LogP contribution >= 0.6 is 0 Å². The van der Waals surface area contributed by atoms with Gasteiger partial charge in [-0.15, -0.1) is 0 Å². The highest BCUT2D eigenvalue weighted by atomic mass is 16.5. The van der Waals surface area contributed by atoms with Crippen molar-refractivity contribution in [1.29, 1.82) is 0 Å². The fraction of sp³-hybridized carbons (Fsp3) is 0.400. The molecule has 1 saturated heterocycles. The van der Waals surface area contributed by atoms with Crippen LogP contribution in [0.15, 0.2) is 39.5 Å². The third kappa shape index (κ3) is 3.61. The maximum Gasteiger partial charge on any atom is 0.344 e. The van der Waals surface area contributed by atoms with Gasteiger partial charge in [-0.1, -0.05) is 6.07 Å². The molecule has 3 heterocycles. The van der Waals surface area contributed by atoms with Crippen molar-refractivity contribution in [2.24, 2.45) is 0 Å². The Kier molecular flexibility index (Phi) is 5.53. The molecule has 0 spiro atoms. The molecule has 3 aromatic rings. The monoisotopic (exact) mass is 437 g/mol. The SMILES string of the molecule is COc1ccc(-c2c(C)c3ccc4c(c3oc2=O)CN(C[C@H]2CCCO2)CO4)cc1OC. The average molecular weight is 437 g/mol. The summed E-state index contributed by atoms with van der Waals surface area (Å²) in [7, 11) is 3.16. The molecule has 0 amide bonds. The van der Waals surface area contributed by atoms with Gasteiger partial charge >= 0.3 is 5.63 Å². The van der Waals surface area contributed by atoms with E-state index in [0.29, 0.717) is 35.9 Å². The minimum Gasteiger partial charge on any atom is -0.493 e. The zero-order chi connectivity index (χ0) is 22.2. The van der Waals surface area contributed by atoms with Gasteiger partial charge in [-0.2, -0.15) is 0 Å². The van der Waals surface area contributed by atoms with Crippen molar-refractivity contribution in [3.8, 4) is 28.4 Å². The van der Waals surface area contributed by atoms with Gasteiger partial charge < -0.3 is 23.4 Å². The van der Waals surface area contributed by atoms with Gasteiger partial charge in [0, 0.05) is 25.1 Å². The third-order valence-electron chi connectivity index (χ3n) is 6.34. The summed E-state index contributed by atoms with van der Waals surface area (Å²) in [5, 5.41) is 0.899. The van der Waals surface area contributed by atoms with E-state index in [9.17, 15) is 4.79 Å². The average Bonchev–Trinajstić information content (AvgIpc) is 3.32. The molecule has 0 unspecified atom stereocenters. The van der Waals surface area contributed by atoms with Crippen LogP contribution in [0.5, 0.6) is 17.2 Å². The largest absolute Gasteiger partial charge is 0.493 e. The number of hydrogen-bond donors (Lipinski definition) is 0. The van der Waals surface area contributed by atoms with Crippen LogP contribution in [-0.4, -0.2) is 45.1 Å². The van der Waals surface area contributed by atoms with E-state index in [0.717, 1.165) is 53.8 Å². The number of fused-ring (bicyclic) bond motifs is 3. The standard InChI is InChI=1S/C25H27NO6/c1-15-18-7-9-20-19(13-26(14-31-20)12-17-5-4-10-30-17)24(18)32-25(27)23(15)16-6-8-21(28-2)22(11-16)29-3/h6-9,11,17H,4-5,10,12-14H2,1-3H3/t17-/m1/s1. The number of aryl methyl sites for hydroxylation is 1. The van der Waals surface area contributed by atoms with E-state index < -0.39 is 0 Å². The number of benzene rings is 2. The lowest BCUT2D eigenvalue weighted by Gasteiger charge is -2.30. The number of ether oxygens (including phenoxy) is 4. The van der Waals surface area contributed by atoms with Crippen molar-refractivity contribution in [2.75, 3.05) is 34.1 Å². The Balaban J connectivity index is 1.56. The van der Waals surface area contributed by atoms with Gasteiger partial charge in [0.2, 0.25) is 0 Å². The molecule has 0 aliphatic carbocycles. The zero-order valence-electron chi connectivity index (χ0n) is 18.6. The van der Waals surface area contributed by atoms with E-state index >= 15 is 0 Å². The van der Waals surface area contributed by atoms with Crippen molar-refractivity contribution in [3.63, 3.8) is 0 Å². The van der Waals surface area contributed by atoms with Gasteiger partial charge in [-0.05, 0) is 55.2 Å². The summed E-state index contributed by atoms with van der Waals surface area (Å²) in [4.78, 5) is 15.3. The lowest BCUT2D eigenvalue weighted by molar-refractivity contribution is 0.0281. The molecule has 2 aromatic carbocycles. The molecule has 32 heavy (non-hydrogen) atoms. The summed E-state index contributed by atoms with van der Waals surface area (Å²) in [6.45, 7) is 4.75. The molecule has 2 aliphatic heterocycles. The molecule has 1 atom stereocenters. The Morgan fingerprint density at radius 1 is 1.12 bits per heavy atom. The van der Waals surface area contributed by atoms with E-state index in [4.69, 9.17) is 23.4 Å². The predicted molar refractivity (Wildman–Crippen MR) is 121 cm³/mol. The van der Waals surface area contributed by atoms with E-state index in [2.05, 4.69) is 4.90 Å². The van der Waals surface area contributed by atoms with E-state index in [1.54, 1.807) is 26.4 Å². The van der Waals surface area contributed by atoms with Crippen LogP contribution < -0.4 is 19.8 Å². The molecule has 168 valence electrons. The summed E-state index contributed by atoms with van der Waals surface area (Å²) in [5.41, 5.74) is 3.22. The van der Waals surface area contributed by atoms with Crippen molar-refractivity contribution >= 4 is 11.0 Å². The molecular formula is C25H27NO6. The molecule has 7 heteroatoms. The fourth-order valence-corrected chi connectivity index (χ4v) is 4.69.